The van der Waals surface area contributed by atoms with Crippen LogP contribution in [0.4, 0.5) is 5.82 Å². The molecule has 0 spiro atoms. The van der Waals surface area contributed by atoms with Crippen molar-refractivity contribution < 1.29 is 0 Å². The first-order valence-corrected chi connectivity index (χ1v) is 7.91. The van der Waals surface area contributed by atoms with Crippen molar-refractivity contribution in [3.8, 4) is 0 Å². The Bertz CT molecular complexity index is 738. The molecule has 0 bridgehead atoms. The normalized spacial score (nSPS) is 11.0. The molecular formula is C15H17N5S. The Morgan fingerprint density at radius 3 is 2.71 bits per heavy atom. The maximum atomic E-state index is 4.60. The molecule has 3 aromatic rings. The number of nitrogens with one attached hydrogen (secondary N) is 1. The minimum absolute atomic E-state index is 0.782. The molecule has 108 valence electrons. The molecule has 0 aliphatic rings. The van der Waals surface area contributed by atoms with Crippen molar-refractivity contribution in [3.63, 3.8) is 0 Å². The van der Waals surface area contributed by atoms with E-state index in [1.165, 1.54) is 5.56 Å². The summed E-state index contributed by atoms with van der Waals surface area (Å²) >= 11 is 1.81. The van der Waals surface area contributed by atoms with Crippen molar-refractivity contribution in [2.45, 2.75) is 11.5 Å². The highest BCUT2D eigenvalue weighted by atomic mass is 32.2. The maximum absolute atomic E-state index is 4.60. The van der Waals surface area contributed by atoms with Gasteiger partial charge in [-0.1, -0.05) is 30.3 Å². The van der Waals surface area contributed by atoms with Gasteiger partial charge in [-0.2, -0.15) is 5.10 Å². The van der Waals surface area contributed by atoms with E-state index in [2.05, 4.69) is 44.6 Å². The SMILES string of the molecule is CNc1nc(CSCc2ccccc2)nc2c1cnn2C. The van der Waals surface area contributed by atoms with Gasteiger partial charge in [-0.25, -0.2) is 9.97 Å². The molecule has 0 atom stereocenters. The highest BCUT2D eigenvalue weighted by molar-refractivity contribution is 7.97. The lowest BCUT2D eigenvalue weighted by molar-refractivity contribution is 0.782. The molecule has 5 nitrogen and oxygen atoms in total. The van der Waals surface area contributed by atoms with Crippen LogP contribution in [0.5, 0.6) is 0 Å². The summed E-state index contributed by atoms with van der Waals surface area (Å²) in [5, 5.41) is 8.31. The summed E-state index contributed by atoms with van der Waals surface area (Å²) in [5.74, 6) is 3.41. The minimum Gasteiger partial charge on any atom is -0.372 e. The highest BCUT2D eigenvalue weighted by Gasteiger charge is 2.10. The molecule has 0 radical (unpaired) electrons. The summed E-state index contributed by atoms with van der Waals surface area (Å²) in [7, 11) is 3.77. The molecule has 0 fully saturated rings. The van der Waals surface area contributed by atoms with Gasteiger partial charge < -0.3 is 5.32 Å². The number of benzene rings is 1. The zero-order valence-corrected chi connectivity index (χ0v) is 12.9. The standard InChI is InChI=1S/C15H17N5S/c1-16-14-12-8-17-20(2)15(12)19-13(18-14)10-21-9-11-6-4-3-5-7-11/h3-8H,9-10H2,1-2H3,(H,16,18,19). The lowest BCUT2D eigenvalue weighted by Crippen LogP contribution is -2.02. The average Bonchev–Trinajstić information content (AvgIpc) is 2.89. The second-order valence-electron chi connectivity index (χ2n) is 4.72. The summed E-state index contributed by atoms with van der Waals surface area (Å²) < 4.78 is 1.78. The van der Waals surface area contributed by atoms with E-state index in [0.717, 1.165) is 34.2 Å². The van der Waals surface area contributed by atoms with Crippen LogP contribution >= 0.6 is 11.8 Å². The van der Waals surface area contributed by atoms with E-state index in [1.807, 2.05) is 31.9 Å². The summed E-state index contributed by atoms with van der Waals surface area (Å²) in [5.41, 5.74) is 2.18. The number of fused-ring (bicyclic) bond motifs is 1. The Morgan fingerprint density at radius 2 is 1.95 bits per heavy atom. The molecule has 1 N–H and O–H groups in total. The lowest BCUT2D eigenvalue weighted by atomic mass is 10.2. The predicted molar refractivity (Wildman–Crippen MR) is 87.3 cm³/mol. The van der Waals surface area contributed by atoms with E-state index in [9.17, 15) is 0 Å². The Hall–Kier alpha value is -2.08. The van der Waals surface area contributed by atoms with E-state index >= 15 is 0 Å². The zero-order chi connectivity index (χ0) is 14.7. The monoisotopic (exact) mass is 299 g/mol. The van der Waals surface area contributed by atoms with Gasteiger partial charge in [-0.15, -0.1) is 11.8 Å². The van der Waals surface area contributed by atoms with Crippen LogP contribution in [0.1, 0.15) is 11.4 Å². The van der Waals surface area contributed by atoms with Crippen molar-refractivity contribution in [2.75, 3.05) is 12.4 Å². The Labute approximate surface area is 127 Å². The van der Waals surface area contributed by atoms with Crippen molar-refractivity contribution >= 4 is 28.6 Å². The molecule has 3 rings (SSSR count). The van der Waals surface area contributed by atoms with E-state index in [1.54, 1.807) is 10.9 Å². The molecule has 1 aromatic carbocycles. The fraction of sp³-hybridized carbons (Fsp3) is 0.267. The first-order chi connectivity index (χ1) is 10.3. The molecular weight excluding hydrogens is 282 g/mol. The van der Waals surface area contributed by atoms with Crippen molar-refractivity contribution in [3.05, 3.63) is 47.9 Å². The van der Waals surface area contributed by atoms with E-state index in [4.69, 9.17) is 0 Å². The van der Waals surface area contributed by atoms with Crippen LogP contribution in [0.3, 0.4) is 0 Å². The first-order valence-electron chi connectivity index (χ1n) is 6.76. The second-order valence-corrected chi connectivity index (χ2v) is 5.71. The molecule has 0 amide bonds. The second kappa shape index (κ2) is 6.13. The number of hydrogen-bond donors (Lipinski definition) is 1. The van der Waals surface area contributed by atoms with E-state index in [-0.39, 0.29) is 0 Å². The third-order valence-electron chi connectivity index (χ3n) is 3.22. The molecule has 0 unspecified atom stereocenters. The van der Waals surface area contributed by atoms with Crippen LogP contribution in [0.15, 0.2) is 36.5 Å². The first kappa shape index (κ1) is 13.9. The lowest BCUT2D eigenvalue weighted by Gasteiger charge is -2.06. The topological polar surface area (TPSA) is 55.6 Å². The predicted octanol–water partition coefficient (Wildman–Crippen LogP) is 2.84. The van der Waals surface area contributed by atoms with Crippen molar-refractivity contribution in [2.24, 2.45) is 7.05 Å². The fourth-order valence-corrected chi connectivity index (χ4v) is 3.00. The van der Waals surface area contributed by atoms with Crippen molar-refractivity contribution in [1.29, 1.82) is 0 Å². The van der Waals surface area contributed by atoms with Gasteiger partial charge in [0.1, 0.15) is 11.6 Å². The number of nitrogens with zero attached hydrogens (tertiary/aromatic N) is 4. The van der Waals surface area contributed by atoms with Gasteiger partial charge in [0.25, 0.3) is 0 Å². The summed E-state index contributed by atoms with van der Waals surface area (Å²) in [4.78, 5) is 9.17. The van der Waals surface area contributed by atoms with Crippen LogP contribution in [0.2, 0.25) is 0 Å². The average molecular weight is 299 g/mol. The van der Waals surface area contributed by atoms with Crippen LogP contribution < -0.4 is 5.32 Å². The molecule has 21 heavy (non-hydrogen) atoms. The maximum Gasteiger partial charge on any atom is 0.163 e. The molecule has 6 heteroatoms. The van der Waals surface area contributed by atoms with Gasteiger partial charge in [0, 0.05) is 19.8 Å². The number of hydrogen-bond acceptors (Lipinski definition) is 5. The Morgan fingerprint density at radius 1 is 1.14 bits per heavy atom. The Kier molecular flexibility index (Phi) is 4.06. The van der Waals surface area contributed by atoms with Crippen LogP contribution in [-0.2, 0) is 18.6 Å². The largest absolute Gasteiger partial charge is 0.372 e. The van der Waals surface area contributed by atoms with Gasteiger partial charge in [0.15, 0.2) is 5.65 Å². The van der Waals surface area contributed by atoms with Gasteiger partial charge in [-0.05, 0) is 5.56 Å². The molecule has 2 aromatic heterocycles. The van der Waals surface area contributed by atoms with E-state index in [0.29, 0.717) is 0 Å². The summed E-state index contributed by atoms with van der Waals surface area (Å²) in [6, 6.07) is 10.4. The number of anilines is 1. The quantitative estimate of drug-likeness (QED) is 0.785. The molecule has 0 aliphatic carbocycles. The van der Waals surface area contributed by atoms with Gasteiger partial charge in [0.2, 0.25) is 0 Å². The van der Waals surface area contributed by atoms with Gasteiger partial charge in [0.05, 0.1) is 17.3 Å². The fourth-order valence-electron chi connectivity index (χ4n) is 2.16. The third kappa shape index (κ3) is 3.00. The molecule has 0 saturated heterocycles. The number of aromatic nitrogens is 4. The highest BCUT2D eigenvalue weighted by Crippen LogP contribution is 2.22. The summed E-state index contributed by atoms with van der Waals surface area (Å²) in [6.07, 6.45) is 1.79. The third-order valence-corrected chi connectivity index (χ3v) is 4.22. The van der Waals surface area contributed by atoms with Gasteiger partial charge >= 0.3 is 0 Å². The minimum atomic E-state index is 0.782. The Balaban J connectivity index is 1.76. The molecule has 2 heterocycles. The van der Waals surface area contributed by atoms with Crippen LogP contribution in [0, 0.1) is 0 Å². The van der Waals surface area contributed by atoms with Crippen LogP contribution in [-0.4, -0.2) is 26.8 Å². The number of rotatable bonds is 5. The number of thioether (sulfide) groups is 1. The molecule has 0 aliphatic heterocycles. The summed E-state index contributed by atoms with van der Waals surface area (Å²) in [6.45, 7) is 0. The number of aryl methyl sites for hydroxylation is 1. The van der Waals surface area contributed by atoms with E-state index < -0.39 is 0 Å². The van der Waals surface area contributed by atoms with Gasteiger partial charge in [-0.3, -0.25) is 4.68 Å². The van der Waals surface area contributed by atoms with Crippen molar-refractivity contribution in [1.82, 2.24) is 19.7 Å². The smallest absolute Gasteiger partial charge is 0.163 e. The zero-order valence-electron chi connectivity index (χ0n) is 12.1. The van der Waals surface area contributed by atoms with Crippen LogP contribution in [0.25, 0.3) is 11.0 Å². The molecule has 0 saturated carbocycles.